The molecule has 0 aromatic heterocycles. The highest BCUT2D eigenvalue weighted by Gasteiger charge is 2.36. The maximum atomic E-state index is 12.8. The molecule has 0 spiro atoms. The van der Waals surface area contributed by atoms with Gasteiger partial charge in [0.25, 0.3) is 0 Å². The predicted octanol–water partition coefficient (Wildman–Crippen LogP) is 1.95. The second kappa shape index (κ2) is 9.05. The third-order valence-electron chi connectivity index (χ3n) is 5.78. The molecule has 2 fully saturated rings. The summed E-state index contributed by atoms with van der Waals surface area (Å²) < 4.78 is 0. The molecule has 1 atom stereocenters. The minimum Gasteiger partial charge on any atom is -0.506 e. The van der Waals surface area contributed by atoms with E-state index in [1.165, 1.54) is 12.1 Å². The number of nitrogens with zero attached hydrogens (tertiary/aromatic N) is 3. The Labute approximate surface area is 176 Å². The van der Waals surface area contributed by atoms with Crippen molar-refractivity contribution in [2.24, 2.45) is 0 Å². The van der Waals surface area contributed by atoms with Crippen molar-refractivity contribution in [1.82, 2.24) is 14.7 Å². The van der Waals surface area contributed by atoms with Crippen molar-refractivity contribution in [3.8, 4) is 5.75 Å². The number of hydrogen-bond donors (Lipinski definition) is 2. The summed E-state index contributed by atoms with van der Waals surface area (Å²) in [5.74, 6) is 0.0287. The van der Waals surface area contributed by atoms with E-state index in [2.05, 4.69) is 16.8 Å². The number of rotatable bonds is 6. The predicted molar refractivity (Wildman–Crippen MR) is 114 cm³/mol. The second-order valence-corrected chi connectivity index (χ2v) is 8.05. The van der Waals surface area contributed by atoms with Crippen LogP contribution in [0.1, 0.15) is 19.4 Å². The highest BCUT2D eigenvalue weighted by atomic mass is 35.5. The molecule has 2 N–H and O–H groups in total. The molecule has 0 bridgehead atoms. The van der Waals surface area contributed by atoms with Gasteiger partial charge in [-0.25, -0.2) is 0 Å². The molecule has 29 heavy (non-hydrogen) atoms. The van der Waals surface area contributed by atoms with Crippen molar-refractivity contribution in [3.05, 3.63) is 35.4 Å². The van der Waals surface area contributed by atoms with Crippen molar-refractivity contribution >= 4 is 29.1 Å². The van der Waals surface area contributed by atoms with E-state index in [4.69, 9.17) is 11.6 Å². The van der Waals surface area contributed by atoms with Crippen LogP contribution in [-0.4, -0.2) is 83.0 Å². The summed E-state index contributed by atoms with van der Waals surface area (Å²) >= 11 is 6.12. The number of phenols is 1. The lowest BCUT2D eigenvalue weighted by Crippen LogP contribution is -2.64. The molecule has 8 heteroatoms. The normalized spacial score (nSPS) is 18.9. The van der Waals surface area contributed by atoms with Crippen molar-refractivity contribution in [3.63, 3.8) is 0 Å². The van der Waals surface area contributed by atoms with Gasteiger partial charge in [-0.15, -0.1) is 0 Å². The average Bonchev–Trinajstić information content (AvgIpc) is 2.68. The van der Waals surface area contributed by atoms with Crippen LogP contribution < -0.4 is 5.32 Å². The maximum Gasteiger partial charge on any atom is 0.246 e. The molecule has 1 aromatic carbocycles. The number of carbonyl (C=O) groups is 2. The number of anilines is 1. The van der Waals surface area contributed by atoms with Gasteiger partial charge >= 0.3 is 0 Å². The van der Waals surface area contributed by atoms with Crippen LogP contribution in [-0.2, 0) is 16.0 Å². The standard InChI is InChI=1S/C21H29ClN4O3/c1-4-15-10-18(19(27)11-17(15)22)23-14(3)21(29)25-8-6-24(7-9-25)16-12-26(13-16)20(28)5-2/h5,10-11,14,16,23,27H,2,4,6-9,12-13H2,1,3H3/t14-/m0/s1. The first-order valence-electron chi connectivity index (χ1n) is 10.1. The molecule has 1 aromatic rings. The summed E-state index contributed by atoms with van der Waals surface area (Å²) in [7, 11) is 0. The van der Waals surface area contributed by atoms with Crippen LogP contribution in [0.4, 0.5) is 5.69 Å². The smallest absolute Gasteiger partial charge is 0.246 e. The molecule has 3 rings (SSSR count). The number of hydrogen-bond acceptors (Lipinski definition) is 5. The lowest BCUT2D eigenvalue weighted by atomic mass is 10.1. The Morgan fingerprint density at radius 2 is 1.93 bits per heavy atom. The summed E-state index contributed by atoms with van der Waals surface area (Å²) in [5.41, 5.74) is 1.44. The number of halogens is 1. The summed E-state index contributed by atoms with van der Waals surface area (Å²) in [4.78, 5) is 30.4. The van der Waals surface area contributed by atoms with E-state index in [-0.39, 0.29) is 17.6 Å². The molecule has 2 aliphatic rings. The number of benzene rings is 1. The van der Waals surface area contributed by atoms with Crippen molar-refractivity contribution in [2.75, 3.05) is 44.6 Å². The fraction of sp³-hybridized carbons (Fsp3) is 0.524. The number of nitrogens with one attached hydrogen (secondary N) is 1. The fourth-order valence-electron chi connectivity index (χ4n) is 3.87. The Morgan fingerprint density at radius 1 is 1.28 bits per heavy atom. The van der Waals surface area contributed by atoms with Crippen LogP contribution in [0.25, 0.3) is 0 Å². The highest BCUT2D eigenvalue weighted by Crippen LogP contribution is 2.31. The molecule has 2 aliphatic heterocycles. The number of amides is 2. The third-order valence-corrected chi connectivity index (χ3v) is 6.13. The van der Waals surface area contributed by atoms with Crippen LogP contribution in [0.2, 0.25) is 5.02 Å². The van der Waals surface area contributed by atoms with Gasteiger partial charge in [0.2, 0.25) is 11.8 Å². The Bertz CT molecular complexity index is 786. The van der Waals surface area contributed by atoms with Crippen LogP contribution in [0.5, 0.6) is 5.75 Å². The molecule has 7 nitrogen and oxygen atoms in total. The Balaban J connectivity index is 1.51. The molecule has 0 saturated carbocycles. The van der Waals surface area contributed by atoms with E-state index in [1.54, 1.807) is 17.9 Å². The van der Waals surface area contributed by atoms with E-state index in [1.807, 2.05) is 11.8 Å². The van der Waals surface area contributed by atoms with Crippen LogP contribution >= 0.6 is 11.6 Å². The number of carbonyl (C=O) groups excluding carboxylic acids is 2. The van der Waals surface area contributed by atoms with Crippen LogP contribution in [0, 0.1) is 0 Å². The molecule has 2 saturated heterocycles. The van der Waals surface area contributed by atoms with E-state index in [9.17, 15) is 14.7 Å². The van der Waals surface area contributed by atoms with Gasteiger partial charge in [0.05, 0.1) is 5.69 Å². The van der Waals surface area contributed by atoms with E-state index < -0.39 is 6.04 Å². The Morgan fingerprint density at radius 3 is 2.52 bits per heavy atom. The molecule has 158 valence electrons. The quantitative estimate of drug-likeness (QED) is 0.543. The maximum absolute atomic E-state index is 12.8. The first-order valence-corrected chi connectivity index (χ1v) is 10.4. The van der Waals surface area contributed by atoms with E-state index >= 15 is 0 Å². The van der Waals surface area contributed by atoms with Crippen LogP contribution in [0.3, 0.4) is 0 Å². The monoisotopic (exact) mass is 420 g/mol. The molecule has 2 amide bonds. The molecular weight excluding hydrogens is 392 g/mol. The minimum absolute atomic E-state index is 0.00844. The Hall–Kier alpha value is -2.25. The van der Waals surface area contributed by atoms with Gasteiger partial charge < -0.3 is 20.2 Å². The molecular formula is C21H29ClN4O3. The van der Waals surface area contributed by atoms with E-state index in [0.717, 1.165) is 38.2 Å². The highest BCUT2D eigenvalue weighted by molar-refractivity contribution is 6.31. The van der Waals surface area contributed by atoms with Gasteiger partial charge in [0.1, 0.15) is 11.8 Å². The first-order chi connectivity index (χ1) is 13.8. The van der Waals surface area contributed by atoms with Gasteiger partial charge in [-0.3, -0.25) is 14.5 Å². The van der Waals surface area contributed by atoms with Crippen LogP contribution in [0.15, 0.2) is 24.8 Å². The largest absolute Gasteiger partial charge is 0.506 e. The Kier molecular flexibility index (Phi) is 6.70. The summed E-state index contributed by atoms with van der Waals surface area (Å²) in [6.45, 7) is 11.7. The summed E-state index contributed by atoms with van der Waals surface area (Å²) in [6, 6.07) is 3.22. The third kappa shape index (κ3) is 4.67. The minimum atomic E-state index is -0.456. The van der Waals surface area contributed by atoms with Gasteiger partial charge in [-0.05, 0) is 31.1 Å². The number of phenolic OH excluding ortho intramolecular Hbond substituents is 1. The summed E-state index contributed by atoms with van der Waals surface area (Å²) in [6.07, 6.45) is 2.10. The van der Waals surface area contributed by atoms with Gasteiger partial charge in [-0.2, -0.15) is 0 Å². The second-order valence-electron chi connectivity index (χ2n) is 7.64. The van der Waals surface area contributed by atoms with E-state index in [0.29, 0.717) is 29.8 Å². The first kappa shape index (κ1) is 21.5. The van der Waals surface area contributed by atoms with Crippen molar-refractivity contribution in [1.29, 1.82) is 0 Å². The molecule has 0 unspecified atom stereocenters. The zero-order chi connectivity index (χ0) is 21.1. The zero-order valence-electron chi connectivity index (χ0n) is 17.0. The van der Waals surface area contributed by atoms with Crippen molar-refractivity contribution in [2.45, 2.75) is 32.4 Å². The topological polar surface area (TPSA) is 76.1 Å². The lowest BCUT2D eigenvalue weighted by molar-refractivity contribution is -0.136. The molecule has 0 radical (unpaired) electrons. The summed E-state index contributed by atoms with van der Waals surface area (Å²) in [5, 5.41) is 13.8. The van der Waals surface area contributed by atoms with Gasteiger partial charge in [-0.1, -0.05) is 25.1 Å². The molecule has 2 heterocycles. The zero-order valence-corrected chi connectivity index (χ0v) is 17.8. The number of likely N-dealkylation sites (tertiary alicyclic amines) is 1. The number of aryl methyl sites for hydroxylation is 1. The average molecular weight is 421 g/mol. The number of aromatic hydroxyl groups is 1. The lowest BCUT2D eigenvalue weighted by Gasteiger charge is -2.48. The molecule has 0 aliphatic carbocycles. The SMILES string of the molecule is C=CC(=O)N1CC(N2CCN(C(=O)[C@H](C)Nc3cc(CC)c(Cl)cc3O)CC2)C1. The fourth-order valence-corrected chi connectivity index (χ4v) is 4.16. The van der Waals surface area contributed by atoms with Gasteiger partial charge in [0.15, 0.2) is 0 Å². The van der Waals surface area contributed by atoms with Crippen molar-refractivity contribution < 1.29 is 14.7 Å². The number of piperazine rings is 1. The van der Waals surface area contributed by atoms with Gasteiger partial charge in [0, 0.05) is 56.4 Å².